The second-order valence-corrected chi connectivity index (χ2v) is 11.3. The van der Waals surface area contributed by atoms with Crippen LogP contribution in [0, 0.1) is 0 Å². The summed E-state index contributed by atoms with van der Waals surface area (Å²) in [7, 11) is 0. The Kier molecular flexibility index (Phi) is 32.9. The molecule has 6 nitrogen and oxygen atoms in total. The summed E-state index contributed by atoms with van der Waals surface area (Å²) in [6.07, 6.45) is 43.2. The molecule has 0 rings (SSSR count). The second-order valence-electron chi connectivity index (χ2n) is 11.3. The smallest absolute Gasteiger partial charge is 0.306 e. The van der Waals surface area contributed by atoms with E-state index in [-0.39, 0.29) is 44.0 Å². The molecule has 0 aromatic carbocycles. The van der Waals surface area contributed by atoms with Crippen LogP contribution >= 0.6 is 0 Å². The molecule has 0 N–H and O–H groups in total. The fourth-order valence-corrected chi connectivity index (χ4v) is 4.24. The van der Waals surface area contributed by atoms with Gasteiger partial charge >= 0.3 is 17.9 Å². The predicted octanol–water partition coefficient (Wildman–Crippen LogP) is 11.0. The summed E-state index contributed by atoms with van der Waals surface area (Å²) < 4.78 is 16.4. The fourth-order valence-electron chi connectivity index (χ4n) is 4.24. The number of hydrogen-bond acceptors (Lipinski definition) is 6. The minimum atomic E-state index is -0.821. The van der Waals surface area contributed by atoms with Crippen LogP contribution in [0.3, 0.4) is 0 Å². The Labute approximate surface area is 286 Å². The van der Waals surface area contributed by atoms with Crippen LogP contribution in [0.5, 0.6) is 0 Å². The molecular weight excluding hydrogens is 588 g/mol. The average Bonchev–Trinajstić information content (AvgIpc) is 3.06. The van der Waals surface area contributed by atoms with Gasteiger partial charge in [-0.2, -0.15) is 0 Å². The van der Waals surface area contributed by atoms with Crippen molar-refractivity contribution in [2.75, 3.05) is 13.2 Å². The van der Waals surface area contributed by atoms with Gasteiger partial charge in [0.25, 0.3) is 0 Å². The van der Waals surface area contributed by atoms with Gasteiger partial charge in [0.2, 0.25) is 0 Å². The Morgan fingerprint density at radius 2 is 0.766 bits per heavy atom. The Hall–Kier alpha value is -3.41. The van der Waals surface area contributed by atoms with Crippen LogP contribution in [0.1, 0.15) is 136 Å². The van der Waals surface area contributed by atoms with Gasteiger partial charge in [0.15, 0.2) is 6.10 Å². The normalized spacial score (nSPS) is 13.0. The summed E-state index contributed by atoms with van der Waals surface area (Å²) in [4.78, 5) is 37.2. The summed E-state index contributed by atoms with van der Waals surface area (Å²) in [6.45, 7) is 6.10. The standard InChI is InChI=1S/C41H64O6/c1-4-7-10-13-16-19-20-23-25-28-31-34-40(43)46-37-38(47-41(44)35-32-29-26-22-18-15-12-9-6-3)36-45-39(42)33-30-27-24-21-17-14-11-8-5-2/h7-12,16-19,21-23,25,38H,4-6,13-15,20,24,26-37H2,1-3H3/b10-7-,11-8-,12-9-,19-16-,21-17-,22-18-,25-23-. The summed E-state index contributed by atoms with van der Waals surface area (Å²) >= 11 is 0. The van der Waals surface area contributed by atoms with E-state index >= 15 is 0 Å². The van der Waals surface area contributed by atoms with Crippen molar-refractivity contribution in [3.63, 3.8) is 0 Å². The molecule has 0 aliphatic carbocycles. The van der Waals surface area contributed by atoms with E-state index < -0.39 is 6.10 Å². The maximum atomic E-state index is 12.5. The molecule has 0 aliphatic heterocycles. The number of ether oxygens (including phenoxy) is 3. The predicted molar refractivity (Wildman–Crippen MR) is 196 cm³/mol. The molecule has 0 fully saturated rings. The Bertz CT molecular complexity index is 982. The third-order valence-electron chi connectivity index (χ3n) is 6.88. The number of hydrogen-bond donors (Lipinski definition) is 0. The van der Waals surface area contributed by atoms with Crippen molar-refractivity contribution >= 4 is 17.9 Å². The van der Waals surface area contributed by atoms with Crippen molar-refractivity contribution in [3.05, 3.63) is 85.1 Å². The molecule has 47 heavy (non-hydrogen) atoms. The van der Waals surface area contributed by atoms with Gasteiger partial charge in [-0.05, 0) is 96.3 Å². The minimum Gasteiger partial charge on any atom is -0.462 e. The van der Waals surface area contributed by atoms with Gasteiger partial charge in [-0.3, -0.25) is 14.4 Å². The maximum absolute atomic E-state index is 12.5. The van der Waals surface area contributed by atoms with Gasteiger partial charge in [0.1, 0.15) is 13.2 Å². The number of carbonyl (C=O) groups excluding carboxylic acids is 3. The Balaban J connectivity index is 4.56. The first-order valence-electron chi connectivity index (χ1n) is 18.1. The molecule has 0 aromatic heterocycles. The third kappa shape index (κ3) is 33.8. The van der Waals surface area contributed by atoms with Crippen molar-refractivity contribution in [3.8, 4) is 0 Å². The number of esters is 3. The lowest BCUT2D eigenvalue weighted by Crippen LogP contribution is -2.30. The van der Waals surface area contributed by atoms with Crippen LogP contribution < -0.4 is 0 Å². The summed E-state index contributed by atoms with van der Waals surface area (Å²) in [6, 6.07) is 0. The largest absolute Gasteiger partial charge is 0.462 e. The first-order valence-corrected chi connectivity index (χ1v) is 18.1. The van der Waals surface area contributed by atoms with E-state index in [1.807, 2.05) is 0 Å². The SMILES string of the molecule is CC/C=C\C/C=C\C/C=C\CCCC(=O)OCC(COC(=O)CCCC/C=C\C/C=C\CC)OC(=O)CCCC/C=C\C/C=C\CC. The molecule has 0 amide bonds. The van der Waals surface area contributed by atoms with E-state index in [9.17, 15) is 14.4 Å². The number of unbranched alkanes of at least 4 members (excludes halogenated alkanes) is 5. The zero-order chi connectivity index (χ0) is 34.5. The highest BCUT2D eigenvalue weighted by Crippen LogP contribution is 2.09. The van der Waals surface area contributed by atoms with E-state index in [4.69, 9.17) is 14.2 Å². The lowest BCUT2D eigenvalue weighted by atomic mass is 10.2. The number of rotatable bonds is 30. The first kappa shape index (κ1) is 43.6. The molecule has 0 bridgehead atoms. The molecule has 0 heterocycles. The van der Waals surface area contributed by atoms with Crippen molar-refractivity contribution in [2.24, 2.45) is 0 Å². The van der Waals surface area contributed by atoms with Crippen molar-refractivity contribution in [1.29, 1.82) is 0 Å². The van der Waals surface area contributed by atoms with Crippen LogP contribution in [0.25, 0.3) is 0 Å². The number of allylic oxidation sites excluding steroid dienone is 14. The fraction of sp³-hybridized carbons (Fsp3) is 0.585. The van der Waals surface area contributed by atoms with Crippen LogP contribution in [0.2, 0.25) is 0 Å². The van der Waals surface area contributed by atoms with Crippen molar-refractivity contribution < 1.29 is 28.6 Å². The highest BCUT2D eigenvalue weighted by atomic mass is 16.6. The van der Waals surface area contributed by atoms with Gasteiger partial charge in [-0.1, -0.05) is 106 Å². The molecule has 6 heteroatoms. The van der Waals surface area contributed by atoms with Crippen molar-refractivity contribution in [2.45, 2.75) is 142 Å². The quantitative estimate of drug-likeness (QED) is 0.0332. The van der Waals surface area contributed by atoms with Crippen LogP contribution in [0.4, 0.5) is 0 Å². The monoisotopic (exact) mass is 652 g/mol. The van der Waals surface area contributed by atoms with Crippen molar-refractivity contribution in [1.82, 2.24) is 0 Å². The van der Waals surface area contributed by atoms with Crippen LogP contribution in [-0.4, -0.2) is 37.2 Å². The molecule has 1 unspecified atom stereocenters. The van der Waals surface area contributed by atoms with E-state index in [2.05, 4.69) is 106 Å². The molecular formula is C41H64O6. The second kappa shape index (κ2) is 35.4. The van der Waals surface area contributed by atoms with Crippen LogP contribution in [-0.2, 0) is 28.6 Å². The zero-order valence-electron chi connectivity index (χ0n) is 29.8. The van der Waals surface area contributed by atoms with Gasteiger partial charge in [-0.15, -0.1) is 0 Å². The molecule has 264 valence electrons. The lowest BCUT2D eigenvalue weighted by Gasteiger charge is -2.18. The maximum Gasteiger partial charge on any atom is 0.306 e. The average molecular weight is 653 g/mol. The van der Waals surface area contributed by atoms with E-state index in [0.717, 1.165) is 83.5 Å². The molecule has 0 spiro atoms. The van der Waals surface area contributed by atoms with Gasteiger partial charge in [0.05, 0.1) is 0 Å². The minimum absolute atomic E-state index is 0.125. The molecule has 0 saturated heterocycles. The van der Waals surface area contributed by atoms with E-state index in [0.29, 0.717) is 19.3 Å². The van der Waals surface area contributed by atoms with E-state index in [1.54, 1.807) is 0 Å². The highest BCUT2D eigenvalue weighted by Gasteiger charge is 2.19. The topological polar surface area (TPSA) is 78.9 Å². The lowest BCUT2D eigenvalue weighted by molar-refractivity contribution is -0.167. The molecule has 0 aliphatic rings. The molecule has 0 radical (unpaired) electrons. The summed E-state index contributed by atoms with van der Waals surface area (Å²) in [5.41, 5.74) is 0. The molecule has 0 saturated carbocycles. The third-order valence-corrected chi connectivity index (χ3v) is 6.88. The van der Waals surface area contributed by atoms with Crippen LogP contribution in [0.15, 0.2) is 85.1 Å². The van der Waals surface area contributed by atoms with Gasteiger partial charge in [0, 0.05) is 19.3 Å². The highest BCUT2D eigenvalue weighted by molar-refractivity contribution is 5.71. The Morgan fingerprint density at radius 3 is 1.19 bits per heavy atom. The summed E-state index contributed by atoms with van der Waals surface area (Å²) in [5.74, 6) is -1.07. The van der Waals surface area contributed by atoms with Gasteiger partial charge < -0.3 is 14.2 Å². The molecule has 0 aromatic rings. The van der Waals surface area contributed by atoms with Gasteiger partial charge in [-0.25, -0.2) is 0 Å². The first-order chi connectivity index (χ1) is 23.0. The zero-order valence-corrected chi connectivity index (χ0v) is 29.8. The Morgan fingerprint density at radius 1 is 0.426 bits per heavy atom. The number of carbonyl (C=O) groups is 3. The summed E-state index contributed by atoms with van der Waals surface area (Å²) in [5, 5.41) is 0. The van der Waals surface area contributed by atoms with E-state index in [1.165, 1.54) is 0 Å². The molecule has 1 atom stereocenters.